The van der Waals surface area contributed by atoms with Gasteiger partial charge < -0.3 is 16.3 Å². The standard InChI is InChI=1S/C12H17N5O2/c13-11(17-19)12(5-2-1-3-6-12)16-10(18)9-4-7-14-15-8-9/h4,7-8,19H,1-3,5-6H2,(H2,13,17)(H,16,18). The van der Waals surface area contributed by atoms with Gasteiger partial charge in [-0.1, -0.05) is 24.4 Å². The number of nitrogens with zero attached hydrogens (tertiary/aromatic N) is 3. The smallest absolute Gasteiger partial charge is 0.253 e. The predicted molar refractivity (Wildman–Crippen MR) is 68.7 cm³/mol. The van der Waals surface area contributed by atoms with Crippen molar-refractivity contribution in [1.29, 1.82) is 0 Å². The highest BCUT2D eigenvalue weighted by atomic mass is 16.4. The van der Waals surface area contributed by atoms with Crippen molar-refractivity contribution in [3.05, 3.63) is 24.0 Å². The van der Waals surface area contributed by atoms with Crippen LogP contribution in [0.25, 0.3) is 0 Å². The third kappa shape index (κ3) is 2.81. The average molecular weight is 263 g/mol. The lowest BCUT2D eigenvalue weighted by atomic mass is 9.80. The Labute approximate surface area is 110 Å². The van der Waals surface area contributed by atoms with Crippen molar-refractivity contribution in [2.24, 2.45) is 10.9 Å². The van der Waals surface area contributed by atoms with Crippen molar-refractivity contribution in [3.63, 3.8) is 0 Å². The van der Waals surface area contributed by atoms with Crippen LogP contribution in [0.5, 0.6) is 0 Å². The summed E-state index contributed by atoms with van der Waals surface area (Å²) in [5.41, 5.74) is 5.42. The van der Waals surface area contributed by atoms with Crippen LogP contribution in [0.2, 0.25) is 0 Å². The quantitative estimate of drug-likeness (QED) is 0.321. The fraction of sp³-hybridized carbons (Fsp3) is 0.500. The molecule has 7 nitrogen and oxygen atoms in total. The summed E-state index contributed by atoms with van der Waals surface area (Å²) in [5, 5.41) is 22.2. The number of rotatable bonds is 3. The molecular weight excluding hydrogens is 246 g/mol. The molecule has 1 aromatic heterocycles. The first-order chi connectivity index (χ1) is 9.18. The molecule has 1 aliphatic rings. The number of nitrogens with one attached hydrogen (secondary N) is 1. The number of aromatic nitrogens is 2. The maximum absolute atomic E-state index is 12.2. The highest BCUT2D eigenvalue weighted by Gasteiger charge is 2.38. The number of oxime groups is 1. The van der Waals surface area contributed by atoms with Crippen LogP contribution in [-0.4, -0.2) is 32.7 Å². The zero-order valence-corrected chi connectivity index (χ0v) is 10.5. The molecule has 1 heterocycles. The van der Waals surface area contributed by atoms with Gasteiger partial charge in [0.2, 0.25) is 0 Å². The molecule has 2 rings (SSSR count). The van der Waals surface area contributed by atoms with E-state index >= 15 is 0 Å². The Hall–Kier alpha value is -2.18. The molecule has 1 saturated carbocycles. The molecule has 1 fully saturated rings. The van der Waals surface area contributed by atoms with Crippen molar-refractivity contribution in [2.45, 2.75) is 37.6 Å². The minimum absolute atomic E-state index is 0.0579. The molecule has 0 unspecified atom stereocenters. The van der Waals surface area contributed by atoms with Gasteiger partial charge in [-0.2, -0.15) is 10.2 Å². The molecule has 0 atom stereocenters. The lowest BCUT2D eigenvalue weighted by Gasteiger charge is -2.36. The largest absolute Gasteiger partial charge is 0.409 e. The van der Waals surface area contributed by atoms with E-state index < -0.39 is 5.54 Å². The average Bonchev–Trinajstić information content (AvgIpc) is 2.48. The molecule has 0 bridgehead atoms. The molecule has 0 saturated heterocycles. The summed E-state index contributed by atoms with van der Waals surface area (Å²) >= 11 is 0. The van der Waals surface area contributed by atoms with Gasteiger partial charge in [0.1, 0.15) is 5.54 Å². The first kappa shape index (κ1) is 13.3. The Morgan fingerprint density at radius 1 is 1.37 bits per heavy atom. The van der Waals surface area contributed by atoms with Gasteiger partial charge >= 0.3 is 0 Å². The van der Waals surface area contributed by atoms with E-state index in [9.17, 15) is 4.79 Å². The van der Waals surface area contributed by atoms with Crippen LogP contribution >= 0.6 is 0 Å². The Morgan fingerprint density at radius 2 is 2.11 bits per heavy atom. The second kappa shape index (κ2) is 5.64. The van der Waals surface area contributed by atoms with Crippen LogP contribution in [0.15, 0.2) is 23.6 Å². The highest BCUT2D eigenvalue weighted by Crippen LogP contribution is 2.28. The summed E-state index contributed by atoms with van der Waals surface area (Å²) < 4.78 is 0. The number of nitrogens with two attached hydrogens (primary N) is 1. The van der Waals surface area contributed by atoms with E-state index in [2.05, 4.69) is 20.7 Å². The Bertz CT molecular complexity index is 468. The summed E-state index contributed by atoms with van der Waals surface area (Å²) in [7, 11) is 0. The van der Waals surface area contributed by atoms with Gasteiger partial charge in [-0.25, -0.2) is 0 Å². The van der Waals surface area contributed by atoms with Gasteiger partial charge in [-0.05, 0) is 18.9 Å². The number of hydrogen-bond donors (Lipinski definition) is 3. The minimum Gasteiger partial charge on any atom is -0.409 e. The SMILES string of the molecule is N/C(=N/O)C1(NC(=O)c2ccnnc2)CCCCC1. The van der Waals surface area contributed by atoms with E-state index in [0.29, 0.717) is 18.4 Å². The van der Waals surface area contributed by atoms with Gasteiger partial charge in [0.05, 0.1) is 18.0 Å². The lowest BCUT2D eigenvalue weighted by Crippen LogP contribution is -2.58. The third-order valence-electron chi connectivity index (χ3n) is 3.50. The second-order valence-corrected chi connectivity index (χ2v) is 4.71. The summed E-state index contributed by atoms with van der Waals surface area (Å²) in [6, 6.07) is 1.57. The number of carbonyl (C=O) groups is 1. The minimum atomic E-state index is -0.757. The van der Waals surface area contributed by atoms with Crippen molar-refractivity contribution in [3.8, 4) is 0 Å². The number of hydrogen-bond acceptors (Lipinski definition) is 5. The van der Waals surface area contributed by atoms with Crippen molar-refractivity contribution >= 4 is 11.7 Å². The Morgan fingerprint density at radius 3 is 2.68 bits per heavy atom. The fourth-order valence-electron chi connectivity index (χ4n) is 2.41. The molecule has 4 N–H and O–H groups in total. The van der Waals surface area contributed by atoms with Gasteiger partial charge in [-0.15, -0.1) is 0 Å². The molecule has 0 aromatic carbocycles. The topological polar surface area (TPSA) is 113 Å². The molecule has 1 amide bonds. The summed E-state index contributed by atoms with van der Waals surface area (Å²) in [6.07, 6.45) is 7.15. The molecule has 102 valence electrons. The van der Waals surface area contributed by atoms with E-state index in [-0.39, 0.29) is 11.7 Å². The zero-order valence-electron chi connectivity index (χ0n) is 10.5. The number of carbonyl (C=O) groups excluding carboxylic acids is 1. The Balaban J connectivity index is 2.19. The molecule has 19 heavy (non-hydrogen) atoms. The number of amides is 1. The zero-order chi connectivity index (χ0) is 13.7. The van der Waals surface area contributed by atoms with Crippen molar-refractivity contribution < 1.29 is 10.0 Å². The summed E-state index contributed by atoms with van der Waals surface area (Å²) in [5.74, 6) is -0.231. The lowest BCUT2D eigenvalue weighted by molar-refractivity contribution is 0.0905. The monoisotopic (exact) mass is 263 g/mol. The molecule has 1 aromatic rings. The highest BCUT2D eigenvalue weighted by molar-refractivity contribution is 6.00. The molecule has 0 aliphatic heterocycles. The van der Waals surface area contributed by atoms with Gasteiger partial charge in [0.25, 0.3) is 5.91 Å². The molecule has 7 heteroatoms. The van der Waals surface area contributed by atoms with E-state index in [1.165, 1.54) is 12.4 Å². The van der Waals surface area contributed by atoms with Gasteiger partial charge in [-0.3, -0.25) is 4.79 Å². The van der Waals surface area contributed by atoms with Gasteiger partial charge in [0.15, 0.2) is 5.84 Å². The maximum Gasteiger partial charge on any atom is 0.253 e. The molecule has 0 radical (unpaired) electrons. The van der Waals surface area contributed by atoms with Crippen LogP contribution in [0.1, 0.15) is 42.5 Å². The van der Waals surface area contributed by atoms with Crippen LogP contribution < -0.4 is 11.1 Å². The van der Waals surface area contributed by atoms with E-state index in [1.54, 1.807) is 6.07 Å². The molecule has 0 spiro atoms. The van der Waals surface area contributed by atoms with E-state index in [1.807, 2.05) is 0 Å². The second-order valence-electron chi connectivity index (χ2n) is 4.71. The van der Waals surface area contributed by atoms with Gasteiger partial charge in [0, 0.05) is 0 Å². The van der Waals surface area contributed by atoms with Crippen LogP contribution in [0.4, 0.5) is 0 Å². The molecule has 1 aliphatic carbocycles. The van der Waals surface area contributed by atoms with Crippen LogP contribution in [0.3, 0.4) is 0 Å². The van der Waals surface area contributed by atoms with E-state index in [0.717, 1.165) is 19.3 Å². The Kier molecular flexibility index (Phi) is 3.94. The van der Waals surface area contributed by atoms with Crippen LogP contribution in [0, 0.1) is 0 Å². The first-order valence-electron chi connectivity index (χ1n) is 6.25. The fourth-order valence-corrected chi connectivity index (χ4v) is 2.41. The number of amidine groups is 1. The maximum atomic E-state index is 12.2. The van der Waals surface area contributed by atoms with Crippen molar-refractivity contribution in [2.75, 3.05) is 0 Å². The third-order valence-corrected chi connectivity index (χ3v) is 3.50. The van der Waals surface area contributed by atoms with Crippen LogP contribution in [-0.2, 0) is 0 Å². The first-order valence-corrected chi connectivity index (χ1v) is 6.25. The normalized spacial score (nSPS) is 18.8. The van der Waals surface area contributed by atoms with E-state index in [4.69, 9.17) is 10.9 Å². The summed E-state index contributed by atoms with van der Waals surface area (Å²) in [6.45, 7) is 0. The van der Waals surface area contributed by atoms with Crippen molar-refractivity contribution in [1.82, 2.24) is 15.5 Å². The molecular formula is C12H17N5O2. The summed E-state index contributed by atoms with van der Waals surface area (Å²) in [4.78, 5) is 12.2. The predicted octanol–water partition coefficient (Wildman–Crippen LogP) is 0.656.